The Bertz CT molecular complexity index is 784. The molecule has 0 saturated carbocycles. The number of ether oxygens (including phenoxy) is 1. The summed E-state index contributed by atoms with van der Waals surface area (Å²) in [6.45, 7) is 3.41. The summed E-state index contributed by atoms with van der Waals surface area (Å²) in [7, 11) is 0. The van der Waals surface area contributed by atoms with E-state index >= 15 is 0 Å². The van der Waals surface area contributed by atoms with Crippen molar-refractivity contribution in [3.63, 3.8) is 0 Å². The van der Waals surface area contributed by atoms with Crippen LogP contribution < -0.4 is 5.32 Å². The highest BCUT2D eigenvalue weighted by Gasteiger charge is 2.07. The maximum atomic E-state index is 13.0. The molecule has 0 bridgehead atoms. The Morgan fingerprint density at radius 1 is 1.17 bits per heavy atom. The molecule has 2 rings (SSSR count). The molecule has 0 spiro atoms. The predicted octanol–water partition coefficient (Wildman–Crippen LogP) is 3.64. The summed E-state index contributed by atoms with van der Waals surface area (Å²) in [6.07, 6.45) is 2.58. The first-order chi connectivity index (χ1) is 11.4. The monoisotopic (exact) mass is 327 g/mol. The summed E-state index contributed by atoms with van der Waals surface area (Å²) >= 11 is 0. The van der Waals surface area contributed by atoms with E-state index < -0.39 is 17.7 Å². The number of benzene rings is 2. The number of carbonyl (C=O) groups excluding carboxylic acids is 2. The van der Waals surface area contributed by atoms with Crippen LogP contribution in [0.5, 0.6) is 0 Å². The van der Waals surface area contributed by atoms with Gasteiger partial charge in [0.05, 0.1) is 0 Å². The predicted molar refractivity (Wildman–Crippen MR) is 90.9 cm³/mol. The van der Waals surface area contributed by atoms with E-state index in [1.165, 1.54) is 24.3 Å². The molecule has 2 aromatic carbocycles. The quantitative estimate of drug-likeness (QED) is 0.674. The number of amides is 1. The molecule has 0 aliphatic heterocycles. The summed E-state index contributed by atoms with van der Waals surface area (Å²) in [5.41, 5.74) is 3.16. The Kier molecular flexibility index (Phi) is 5.84. The van der Waals surface area contributed by atoms with Crippen molar-refractivity contribution in [2.24, 2.45) is 0 Å². The molecule has 0 heterocycles. The van der Waals surface area contributed by atoms with Gasteiger partial charge < -0.3 is 10.1 Å². The fraction of sp³-hybridized carbons (Fsp3) is 0.158. The van der Waals surface area contributed by atoms with Crippen molar-refractivity contribution in [3.8, 4) is 0 Å². The van der Waals surface area contributed by atoms with Gasteiger partial charge in [0.1, 0.15) is 5.82 Å². The molecule has 124 valence electrons. The zero-order valence-corrected chi connectivity index (χ0v) is 13.5. The third kappa shape index (κ3) is 5.35. The zero-order chi connectivity index (χ0) is 17.5. The number of esters is 1. The number of carbonyl (C=O) groups is 2. The number of hydrogen-bond acceptors (Lipinski definition) is 3. The summed E-state index contributed by atoms with van der Waals surface area (Å²) in [5.74, 6) is -1.48. The Morgan fingerprint density at radius 2 is 1.96 bits per heavy atom. The van der Waals surface area contributed by atoms with E-state index in [0.717, 1.165) is 17.2 Å². The molecule has 5 heteroatoms. The van der Waals surface area contributed by atoms with E-state index in [1.54, 1.807) is 6.07 Å². The maximum Gasteiger partial charge on any atom is 0.331 e. The maximum absolute atomic E-state index is 13.0. The third-order valence-electron chi connectivity index (χ3n) is 3.27. The second-order valence-corrected chi connectivity index (χ2v) is 5.36. The standard InChI is InChI=1S/C19H18FNO3/c1-13-6-7-14(2)17(10-13)21-18(22)12-24-19(23)9-8-15-4-3-5-16(20)11-15/h3-11H,12H2,1-2H3,(H,21,22)/b9-8+. The summed E-state index contributed by atoms with van der Waals surface area (Å²) < 4.78 is 17.9. The lowest BCUT2D eigenvalue weighted by molar-refractivity contribution is -0.142. The molecule has 4 nitrogen and oxygen atoms in total. The summed E-state index contributed by atoms with van der Waals surface area (Å²) in [4.78, 5) is 23.4. The van der Waals surface area contributed by atoms with Crippen LogP contribution in [0.1, 0.15) is 16.7 Å². The Hall–Kier alpha value is -2.95. The first kappa shape index (κ1) is 17.4. The van der Waals surface area contributed by atoms with Gasteiger partial charge >= 0.3 is 5.97 Å². The normalized spacial score (nSPS) is 10.6. The minimum Gasteiger partial charge on any atom is -0.452 e. The van der Waals surface area contributed by atoms with Gasteiger partial charge in [-0.15, -0.1) is 0 Å². The van der Waals surface area contributed by atoms with Gasteiger partial charge in [0.25, 0.3) is 5.91 Å². The largest absolute Gasteiger partial charge is 0.452 e. The molecule has 0 aliphatic carbocycles. The lowest BCUT2D eigenvalue weighted by Gasteiger charge is -2.09. The number of anilines is 1. The van der Waals surface area contributed by atoms with Crippen LogP contribution in [0.15, 0.2) is 48.5 Å². The van der Waals surface area contributed by atoms with Crippen molar-refractivity contribution < 1.29 is 18.7 Å². The third-order valence-corrected chi connectivity index (χ3v) is 3.27. The van der Waals surface area contributed by atoms with Crippen molar-refractivity contribution in [3.05, 3.63) is 71.0 Å². The highest BCUT2D eigenvalue weighted by molar-refractivity contribution is 5.95. The minimum absolute atomic E-state index is 0.389. The van der Waals surface area contributed by atoms with Crippen molar-refractivity contribution in [1.29, 1.82) is 0 Å². The van der Waals surface area contributed by atoms with Crippen molar-refractivity contribution in [2.75, 3.05) is 11.9 Å². The molecular formula is C19H18FNO3. The van der Waals surface area contributed by atoms with Gasteiger partial charge in [0.2, 0.25) is 0 Å². The molecule has 1 N–H and O–H groups in total. The van der Waals surface area contributed by atoms with Gasteiger partial charge in [-0.3, -0.25) is 4.79 Å². The second kappa shape index (κ2) is 8.06. The van der Waals surface area contributed by atoms with Crippen LogP contribution in [0, 0.1) is 19.7 Å². The number of rotatable bonds is 5. The molecule has 0 fully saturated rings. The van der Waals surface area contributed by atoms with E-state index in [9.17, 15) is 14.0 Å². The molecular weight excluding hydrogens is 309 g/mol. The molecule has 24 heavy (non-hydrogen) atoms. The van der Waals surface area contributed by atoms with Gasteiger partial charge in [0.15, 0.2) is 6.61 Å². The minimum atomic E-state index is -0.671. The van der Waals surface area contributed by atoms with Crippen LogP contribution in [0.25, 0.3) is 6.08 Å². The summed E-state index contributed by atoms with van der Waals surface area (Å²) in [6, 6.07) is 11.5. The highest BCUT2D eigenvalue weighted by Crippen LogP contribution is 2.16. The van der Waals surface area contributed by atoms with E-state index in [0.29, 0.717) is 11.3 Å². The van der Waals surface area contributed by atoms with Crippen LogP contribution in [0.2, 0.25) is 0 Å². The van der Waals surface area contributed by atoms with Gasteiger partial charge in [0, 0.05) is 11.8 Å². The number of hydrogen-bond donors (Lipinski definition) is 1. The zero-order valence-electron chi connectivity index (χ0n) is 13.5. The first-order valence-electron chi connectivity index (χ1n) is 7.41. The van der Waals surface area contributed by atoms with Gasteiger partial charge in [-0.25, -0.2) is 9.18 Å². The number of aryl methyl sites for hydroxylation is 2. The molecule has 0 unspecified atom stereocenters. The molecule has 0 saturated heterocycles. The van der Waals surface area contributed by atoms with Gasteiger partial charge in [-0.05, 0) is 54.8 Å². The Morgan fingerprint density at radius 3 is 2.71 bits per heavy atom. The van der Waals surface area contributed by atoms with Crippen LogP contribution in [-0.2, 0) is 14.3 Å². The number of halogens is 1. The smallest absolute Gasteiger partial charge is 0.331 e. The highest BCUT2D eigenvalue weighted by atomic mass is 19.1. The molecule has 0 aromatic heterocycles. The van der Waals surface area contributed by atoms with Crippen molar-refractivity contribution in [1.82, 2.24) is 0 Å². The van der Waals surface area contributed by atoms with Crippen molar-refractivity contribution in [2.45, 2.75) is 13.8 Å². The molecule has 2 aromatic rings. The lowest BCUT2D eigenvalue weighted by atomic mass is 10.1. The number of nitrogens with one attached hydrogen (secondary N) is 1. The SMILES string of the molecule is Cc1ccc(C)c(NC(=O)COC(=O)/C=C/c2cccc(F)c2)c1. The van der Waals surface area contributed by atoms with Crippen LogP contribution in [0.4, 0.5) is 10.1 Å². The molecule has 0 radical (unpaired) electrons. The van der Waals surface area contributed by atoms with Gasteiger partial charge in [-0.2, -0.15) is 0 Å². The molecule has 1 amide bonds. The summed E-state index contributed by atoms with van der Waals surface area (Å²) in [5, 5.41) is 2.70. The first-order valence-corrected chi connectivity index (χ1v) is 7.41. The second-order valence-electron chi connectivity index (χ2n) is 5.36. The van der Waals surface area contributed by atoms with Crippen LogP contribution in [0.3, 0.4) is 0 Å². The van der Waals surface area contributed by atoms with Crippen LogP contribution in [-0.4, -0.2) is 18.5 Å². The Balaban J connectivity index is 1.85. The van der Waals surface area contributed by atoms with E-state index in [2.05, 4.69) is 5.32 Å². The fourth-order valence-corrected chi connectivity index (χ4v) is 2.02. The Labute approximate surface area is 140 Å². The fourth-order valence-electron chi connectivity index (χ4n) is 2.02. The lowest BCUT2D eigenvalue weighted by Crippen LogP contribution is -2.20. The van der Waals surface area contributed by atoms with Crippen LogP contribution >= 0.6 is 0 Å². The van der Waals surface area contributed by atoms with E-state index in [4.69, 9.17) is 4.74 Å². The average molecular weight is 327 g/mol. The molecule has 0 atom stereocenters. The average Bonchev–Trinajstić information content (AvgIpc) is 2.54. The van der Waals surface area contributed by atoms with Gasteiger partial charge in [-0.1, -0.05) is 24.3 Å². The molecule has 0 aliphatic rings. The van der Waals surface area contributed by atoms with Crippen molar-refractivity contribution >= 4 is 23.6 Å². The topological polar surface area (TPSA) is 55.4 Å². The van der Waals surface area contributed by atoms with E-state index in [-0.39, 0.29) is 6.61 Å². The van der Waals surface area contributed by atoms with E-state index in [1.807, 2.05) is 32.0 Å².